The van der Waals surface area contributed by atoms with Gasteiger partial charge in [-0.05, 0) is 69.6 Å². The van der Waals surface area contributed by atoms with Gasteiger partial charge < -0.3 is 26.2 Å². The van der Waals surface area contributed by atoms with E-state index < -0.39 is 41.6 Å². The fourth-order valence-electron chi connectivity index (χ4n) is 7.32. The Kier molecular flexibility index (Phi) is 9.83. The van der Waals surface area contributed by atoms with Crippen molar-refractivity contribution < 1.29 is 28.8 Å². The number of likely N-dealkylation sites (tertiary alicyclic amines) is 1. The third-order valence-electron chi connectivity index (χ3n) is 9.96. The average Bonchev–Trinajstić information content (AvgIpc) is 3.31. The van der Waals surface area contributed by atoms with Crippen LogP contribution in [0.25, 0.3) is 0 Å². The van der Waals surface area contributed by atoms with E-state index in [1.807, 2.05) is 6.92 Å². The number of amides is 5. The normalized spacial score (nSPS) is 28.2. The van der Waals surface area contributed by atoms with Crippen molar-refractivity contribution in [1.29, 1.82) is 0 Å². The highest BCUT2D eigenvalue weighted by atomic mass is 16.2. The zero-order chi connectivity index (χ0) is 29.8. The van der Waals surface area contributed by atoms with Gasteiger partial charge in [0.2, 0.25) is 29.4 Å². The lowest BCUT2D eigenvalue weighted by Gasteiger charge is -2.33. The van der Waals surface area contributed by atoms with E-state index in [1.54, 1.807) is 4.90 Å². The van der Waals surface area contributed by atoms with Gasteiger partial charge in [-0.3, -0.25) is 28.8 Å². The Bertz CT molecular complexity index is 1060. The minimum absolute atomic E-state index is 0.0206. The van der Waals surface area contributed by atoms with Crippen molar-refractivity contribution in [2.24, 2.45) is 23.7 Å². The summed E-state index contributed by atoms with van der Waals surface area (Å²) < 4.78 is 0. The van der Waals surface area contributed by atoms with E-state index in [9.17, 15) is 28.8 Å². The molecule has 0 radical (unpaired) electrons. The second kappa shape index (κ2) is 13.5. The second-order valence-electron chi connectivity index (χ2n) is 13.4. The molecule has 11 nitrogen and oxygen atoms in total. The van der Waals surface area contributed by atoms with Crippen LogP contribution in [-0.2, 0) is 28.8 Å². The highest BCUT2D eigenvalue weighted by molar-refractivity contribution is 6.38. The van der Waals surface area contributed by atoms with Gasteiger partial charge in [0, 0.05) is 31.0 Å². The van der Waals surface area contributed by atoms with Gasteiger partial charge in [0.15, 0.2) is 0 Å². The molecule has 11 heteroatoms. The number of rotatable bonds is 11. The summed E-state index contributed by atoms with van der Waals surface area (Å²) in [7, 11) is 0. The van der Waals surface area contributed by atoms with Gasteiger partial charge in [0.25, 0.3) is 5.91 Å². The molecule has 4 N–H and O–H groups in total. The molecule has 5 aliphatic rings. The first-order chi connectivity index (χ1) is 20.2. The van der Waals surface area contributed by atoms with Crippen molar-refractivity contribution in [3.63, 3.8) is 0 Å². The molecule has 2 saturated heterocycles. The third kappa shape index (κ3) is 7.32. The van der Waals surface area contributed by atoms with Crippen molar-refractivity contribution in [2.45, 2.75) is 121 Å². The maximum atomic E-state index is 14.1. The van der Waals surface area contributed by atoms with Crippen LogP contribution >= 0.6 is 0 Å². The molecule has 0 aromatic carbocycles. The van der Waals surface area contributed by atoms with Gasteiger partial charge in [-0.1, -0.05) is 39.0 Å². The van der Waals surface area contributed by atoms with E-state index in [0.29, 0.717) is 25.9 Å². The van der Waals surface area contributed by atoms with Crippen molar-refractivity contribution >= 4 is 35.3 Å². The number of nitrogens with zero attached hydrogens (tertiary/aromatic N) is 1. The molecule has 5 atom stereocenters. The van der Waals surface area contributed by atoms with Crippen LogP contribution in [0.5, 0.6) is 0 Å². The molecular weight excluding hydrogens is 538 g/mol. The molecule has 0 spiro atoms. The minimum Gasteiger partial charge on any atom is -0.356 e. The number of nitrogens with one attached hydrogen (secondary N) is 4. The second-order valence-corrected chi connectivity index (χ2v) is 13.4. The van der Waals surface area contributed by atoms with Gasteiger partial charge in [0.1, 0.15) is 12.1 Å². The average molecular weight is 586 g/mol. The number of hydrogen-bond acceptors (Lipinski definition) is 6. The van der Waals surface area contributed by atoms with Crippen LogP contribution in [0.1, 0.15) is 96.8 Å². The molecule has 0 bridgehead atoms. The Morgan fingerprint density at radius 2 is 1.57 bits per heavy atom. The minimum atomic E-state index is -1.16. The summed E-state index contributed by atoms with van der Waals surface area (Å²) in [6.07, 6.45) is 11.2. The van der Waals surface area contributed by atoms with Gasteiger partial charge >= 0.3 is 0 Å². The smallest absolute Gasteiger partial charge is 0.289 e. The molecule has 2 aliphatic heterocycles. The largest absolute Gasteiger partial charge is 0.356 e. The number of hydrogen-bond donors (Lipinski definition) is 4. The van der Waals surface area contributed by atoms with E-state index in [-0.39, 0.29) is 47.9 Å². The van der Waals surface area contributed by atoms with Crippen molar-refractivity contribution in [3.8, 4) is 0 Å². The monoisotopic (exact) mass is 585 g/mol. The lowest BCUT2D eigenvalue weighted by Crippen LogP contribution is -2.58. The fourth-order valence-corrected chi connectivity index (χ4v) is 7.32. The fraction of sp³-hybridized carbons (Fsp3) is 0.806. The summed E-state index contributed by atoms with van der Waals surface area (Å²) in [6.45, 7) is 2.85. The summed E-state index contributed by atoms with van der Waals surface area (Å²) in [5.41, 5.74) is 0. The maximum absolute atomic E-state index is 14.1. The quantitative estimate of drug-likeness (QED) is 0.269. The molecule has 2 heterocycles. The summed E-state index contributed by atoms with van der Waals surface area (Å²) >= 11 is 0. The predicted octanol–water partition coefficient (Wildman–Crippen LogP) is 1.34. The Morgan fingerprint density at radius 3 is 2.21 bits per heavy atom. The van der Waals surface area contributed by atoms with Crippen LogP contribution in [0, 0.1) is 23.7 Å². The molecule has 5 rings (SSSR count). The molecule has 0 aromatic heterocycles. The summed E-state index contributed by atoms with van der Waals surface area (Å²) in [5, 5.41) is 11.3. The molecule has 5 fully saturated rings. The Hall–Kier alpha value is -2.98. The van der Waals surface area contributed by atoms with E-state index in [4.69, 9.17) is 0 Å². The highest BCUT2D eigenvalue weighted by Gasteiger charge is 2.45. The molecule has 3 aliphatic carbocycles. The summed E-state index contributed by atoms with van der Waals surface area (Å²) in [4.78, 5) is 80.9. The van der Waals surface area contributed by atoms with Gasteiger partial charge in [-0.15, -0.1) is 0 Å². The standard InChI is InChI=1S/C31H47N5O6/c1-18-15-24(29(40)34-23(16-21-13-14-32-27(21)38)26(37)30(41)33-22-11-12-22)36(17-18)31(42)25(19-7-5-6-8-19)35-28(39)20-9-3-2-4-10-20/h18-25H,2-17H2,1H3,(H,32,38)(H,33,41)(H,34,40)(H,35,39)/t18-,21+,23+,24+,25-/m1/s1. The molecule has 0 aromatic rings. The number of ketones is 1. The third-order valence-corrected chi connectivity index (χ3v) is 9.96. The van der Waals surface area contributed by atoms with E-state index in [1.165, 1.54) is 0 Å². The van der Waals surface area contributed by atoms with Crippen LogP contribution in [0.15, 0.2) is 0 Å². The first kappa shape index (κ1) is 30.5. The SMILES string of the molecule is C[C@@H]1C[C@@H](C(=O)N[C@@H](C[C@@H]2CCNC2=O)C(=O)C(=O)NC2CC2)N(C(=O)[C@H](NC(=O)C2CCCCC2)C2CCCC2)C1. The summed E-state index contributed by atoms with van der Waals surface area (Å²) in [5.74, 6) is -2.96. The maximum Gasteiger partial charge on any atom is 0.289 e. The van der Waals surface area contributed by atoms with Gasteiger partial charge in [-0.25, -0.2) is 0 Å². The van der Waals surface area contributed by atoms with Crippen molar-refractivity contribution in [3.05, 3.63) is 0 Å². The molecule has 232 valence electrons. The van der Waals surface area contributed by atoms with Gasteiger partial charge in [-0.2, -0.15) is 0 Å². The molecule has 5 amide bonds. The Balaban J connectivity index is 1.30. The van der Waals surface area contributed by atoms with Crippen LogP contribution in [0.3, 0.4) is 0 Å². The number of carbonyl (C=O) groups is 6. The molecule has 42 heavy (non-hydrogen) atoms. The highest BCUT2D eigenvalue weighted by Crippen LogP contribution is 2.33. The lowest BCUT2D eigenvalue weighted by atomic mass is 9.87. The zero-order valence-corrected chi connectivity index (χ0v) is 24.8. The first-order valence-corrected chi connectivity index (χ1v) is 16.2. The predicted molar refractivity (Wildman–Crippen MR) is 154 cm³/mol. The van der Waals surface area contributed by atoms with Crippen LogP contribution in [0.2, 0.25) is 0 Å². The van der Waals surface area contributed by atoms with Crippen molar-refractivity contribution in [1.82, 2.24) is 26.2 Å². The van der Waals surface area contributed by atoms with Crippen LogP contribution in [-0.4, -0.2) is 77.5 Å². The van der Waals surface area contributed by atoms with E-state index >= 15 is 0 Å². The number of Topliss-reactive ketones (excluding diaryl/α,β-unsaturated/α-hetero) is 1. The van der Waals surface area contributed by atoms with Crippen LogP contribution in [0.4, 0.5) is 0 Å². The van der Waals surface area contributed by atoms with E-state index in [0.717, 1.165) is 70.6 Å². The van der Waals surface area contributed by atoms with Crippen LogP contribution < -0.4 is 21.3 Å². The summed E-state index contributed by atoms with van der Waals surface area (Å²) in [6, 6.07) is -2.67. The Labute approximate surface area is 248 Å². The Morgan fingerprint density at radius 1 is 0.881 bits per heavy atom. The molecule has 0 unspecified atom stereocenters. The molecular formula is C31H47N5O6. The first-order valence-electron chi connectivity index (χ1n) is 16.2. The number of carbonyl (C=O) groups excluding carboxylic acids is 6. The van der Waals surface area contributed by atoms with Gasteiger partial charge in [0.05, 0.1) is 6.04 Å². The van der Waals surface area contributed by atoms with Crippen molar-refractivity contribution in [2.75, 3.05) is 13.1 Å². The lowest BCUT2D eigenvalue weighted by molar-refractivity contribution is -0.145. The van der Waals surface area contributed by atoms with E-state index in [2.05, 4.69) is 21.3 Å². The topological polar surface area (TPSA) is 154 Å². The zero-order valence-electron chi connectivity index (χ0n) is 24.8. The molecule has 3 saturated carbocycles.